The predicted octanol–water partition coefficient (Wildman–Crippen LogP) is 4.25. The first-order chi connectivity index (χ1) is 32.7. The number of Topliss-reactive ketones (excluding diaryl/α,β-unsaturated/α-hetero) is 1. The minimum atomic E-state index is -3.58. The average Bonchev–Trinajstić information content (AvgIpc) is 3.57. The van der Waals surface area contributed by atoms with Crippen LogP contribution in [0.5, 0.6) is 23.0 Å². The van der Waals surface area contributed by atoms with E-state index in [1.807, 2.05) is 7.05 Å². The Kier molecular flexibility index (Phi) is 17.4. The number of hydrogen-bond acceptors (Lipinski definition) is 18. The Morgan fingerprint density at radius 3 is 2.14 bits per heavy atom. The quantitative estimate of drug-likeness (QED) is 0.0582. The lowest BCUT2D eigenvalue weighted by Gasteiger charge is -2.38. The van der Waals surface area contributed by atoms with Gasteiger partial charge in [0.15, 0.2) is 5.75 Å². The number of nitrogens with zero attached hydrogens (tertiary/aromatic N) is 3. The zero-order valence-corrected chi connectivity index (χ0v) is 41.9. The topological polar surface area (TPSA) is 306 Å². The largest absolute Gasteiger partial charge is 0.507 e. The number of phenols is 3. The number of amides is 1. The van der Waals surface area contributed by atoms with E-state index in [9.17, 15) is 48.3 Å². The molecule has 10 N–H and O–H groups in total. The standard InChI is InChI=1S/C43H58N4O12.C6H8N2O2S/c1-21-12-11-13-22(2)42(55)45-33-28(20-44-47-17-15-46(9)16-18-47)37(52)30-31(38(33)53)36(51)26(6)40-32(30)41(54)43(8,59-40)57-19-14-29(56-10)23(3)39(58-27(7)48)25(5)35(50)24(4)34(21)49;7-5-1-3-6(4-2-5)11(8,9)10/h11-14,19-21,23-25,29,34-35,39,49-53H,15-18H2,1-10H3,(H,45,55);1-4H,7H2,(H2,8,9,10)/b12-11+,19-14+,22-13-,44-20+;/t21-,23+,24+,25+,29-,34-,35+,39+,43-;/m0./s1. The first-order valence-electron chi connectivity index (χ1n) is 22.7. The number of aliphatic hydroxyl groups is 2. The van der Waals surface area contributed by atoms with Crippen molar-refractivity contribution in [1.82, 2.24) is 9.91 Å². The van der Waals surface area contributed by atoms with E-state index >= 15 is 0 Å². The molecule has 7 rings (SSSR count). The van der Waals surface area contributed by atoms with Crippen molar-refractivity contribution in [3.05, 3.63) is 77.1 Å². The number of nitrogens with two attached hydrogens (primary N) is 2. The zero-order valence-electron chi connectivity index (χ0n) is 41.0. The molecule has 0 unspecified atom stereocenters. The average molecular weight is 995 g/mol. The van der Waals surface area contributed by atoms with Gasteiger partial charge in [0, 0.05) is 93.0 Å². The summed E-state index contributed by atoms with van der Waals surface area (Å²) in [7, 11) is -0.154. The third-order valence-corrected chi connectivity index (χ3v) is 14.0. The molecule has 1 fully saturated rings. The summed E-state index contributed by atoms with van der Waals surface area (Å²) in [6.45, 7) is 15.1. The predicted molar refractivity (Wildman–Crippen MR) is 263 cm³/mol. The second-order valence-corrected chi connectivity index (χ2v) is 19.8. The molecule has 0 radical (unpaired) electrons. The van der Waals surface area contributed by atoms with Gasteiger partial charge in [0.2, 0.25) is 10.0 Å². The van der Waals surface area contributed by atoms with Crippen LogP contribution in [0.15, 0.2) is 70.4 Å². The summed E-state index contributed by atoms with van der Waals surface area (Å²) in [5.41, 5.74) is 5.50. The zero-order chi connectivity index (χ0) is 52.2. The van der Waals surface area contributed by atoms with Crippen LogP contribution in [0.1, 0.15) is 70.0 Å². The number of likely N-dealkylation sites (N-methyl/N-ethyl adjacent to an activating group) is 1. The number of aromatic hydroxyl groups is 3. The number of benzene rings is 3. The van der Waals surface area contributed by atoms with Gasteiger partial charge in [-0.15, -0.1) is 0 Å². The molecule has 1 amide bonds. The fourth-order valence-electron chi connectivity index (χ4n) is 8.58. The highest BCUT2D eigenvalue weighted by Crippen LogP contribution is 2.55. The molecule has 3 aromatic carbocycles. The summed E-state index contributed by atoms with van der Waals surface area (Å²) in [6.07, 6.45) is 4.86. The summed E-state index contributed by atoms with van der Waals surface area (Å²) in [6, 6.07) is 5.70. The molecule has 20 nitrogen and oxygen atoms in total. The minimum Gasteiger partial charge on any atom is -0.507 e. The first kappa shape index (κ1) is 54.7. The molecule has 5 bridgehead atoms. The third-order valence-electron chi connectivity index (χ3n) is 13.1. The van der Waals surface area contributed by atoms with Gasteiger partial charge in [-0.1, -0.05) is 45.9 Å². The summed E-state index contributed by atoms with van der Waals surface area (Å²) in [5.74, 6) is -8.34. The van der Waals surface area contributed by atoms with Crippen LogP contribution in [0, 0.1) is 30.6 Å². The van der Waals surface area contributed by atoms with Crippen LogP contribution in [0.25, 0.3) is 10.8 Å². The highest BCUT2D eigenvalue weighted by Gasteiger charge is 2.50. The molecule has 4 heterocycles. The number of anilines is 2. The minimum absolute atomic E-state index is 0.0559. The lowest BCUT2D eigenvalue weighted by atomic mass is 9.78. The van der Waals surface area contributed by atoms with Gasteiger partial charge in [-0.25, -0.2) is 13.6 Å². The van der Waals surface area contributed by atoms with Gasteiger partial charge >= 0.3 is 11.8 Å². The van der Waals surface area contributed by atoms with Gasteiger partial charge in [-0.3, -0.25) is 19.4 Å². The molecular formula is C49H66N6O14S. The smallest absolute Gasteiger partial charge is 0.312 e. The number of primary sulfonamides is 1. The fraction of sp³-hybridized carbons (Fsp3) is 0.469. The van der Waals surface area contributed by atoms with Crippen LogP contribution in [0.3, 0.4) is 0 Å². The Hall–Kier alpha value is -6.23. The van der Waals surface area contributed by atoms with Crippen LogP contribution in [0.4, 0.5) is 11.4 Å². The fourth-order valence-corrected chi connectivity index (χ4v) is 9.10. The van der Waals surface area contributed by atoms with Gasteiger partial charge in [-0.2, -0.15) is 5.10 Å². The van der Waals surface area contributed by atoms with Crippen LogP contribution in [0.2, 0.25) is 0 Å². The Morgan fingerprint density at radius 1 is 0.929 bits per heavy atom. The monoisotopic (exact) mass is 994 g/mol. The Labute approximate surface area is 407 Å². The molecule has 1 saturated heterocycles. The number of aliphatic hydroxyl groups excluding tert-OH is 2. The lowest BCUT2D eigenvalue weighted by molar-refractivity contribution is -0.160. The van der Waals surface area contributed by atoms with E-state index in [2.05, 4.69) is 15.3 Å². The van der Waals surface area contributed by atoms with Crippen LogP contribution in [-0.4, -0.2) is 138 Å². The van der Waals surface area contributed by atoms with Gasteiger partial charge in [0.05, 0.1) is 57.9 Å². The molecule has 4 aliphatic heterocycles. The van der Waals surface area contributed by atoms with E-state index in [-0.39, 0.29) is 49.4 Å². The highest BCUT2D eigenvalue weighted by molar-refractivity contribution is 7.89. The van der Waals surface area contributed by atoms with Crippen molar-refractivity contribution in [1.29, 1.82) is 0 Å². The lowest BCUT2D eigenvalue weighted by Crippen LogP contribution is -2.46. The highest BCUT2D eigenvalue weighted by atomic mass is 32.2. The number of hydrazone groups is 1. The number of hydrogen-bond donors (Lipinski definition) is 8. The molecule has 21 heteroatoms. The normalized spacial score (nSPS) is 28.8. The second kappa shape index (κ2) is 22.2. The number of carbonyl (C=O) groups is 3. The number of sulfonamides is 1. The Balaban J connectivity index is 0.000000729. The van der Waals surface area contributed by atoms with E-state index in [1.165, 1.54) is 83.7 Å². The Morgan fingerprint density at radius 2 is 1.56 bits per heavy atom. The molecule has 0 saturated carbocycles. The third kappa shape index (κ3) is 11.8. The van der Waals surface area contributed by atoms with Gasteiger partial charge < -0.3 is 60.4 Å². The summed E-state index contributed by atoms with van der Waals surface area (Å²) < 4.78 is 45.0. The molecule has 9 atom stereocenters. The molecular weight excluding hydrogens is 929 g/mol. The molecule has 0 aromatic heterocycles. The van der Waals surface area contributed by atoms with Crippen LogP contribution in [-0.2, 0) is 33.8 Å². The van der Waals surface area contributed by atoms with Crippen molar-refractivity contribution in [2.24, 2.45) is 33.9 Å². The number of rotatable bonds is 5. The number of nitrogen functional groups attached to an aromatic ring is 1. The molecule has 0 aliphatic carbocycles. The van der Waals surface area contributed by atoms with E-state index in [0.29, 0.717) is 18.8 Å². The number of ketones is 1. The van der Waals surface area contributed by atoms with Crippen molar-refractivity contribution < 1.29 is 67.3 Å². The SMILES string of the molecule is CO[C@H]1/C=C/O[C@@]2(C)Oc3c(C)c(O)c4c(O)c(c(/C=N/N5CCN(C)CC5)c(O)c4c3C2=O)NC(=O)/C(C)=C\C=C\[C@H](C)[C@H](O)[C@@H](C)[C@@H](O)[C@@H](C)[C@H](OC(C)=O)[C@@H]1C.Nc1ccc(S(N)(=O)=O)cc1. The number of fused-ring (bicyclic) bond motifs is 14. The van der Waals surface area contributed by atoms with Crippen LogP contribution < -0.4 is 20.9 Å². The number of phenolic OH excluding ortho intramolecular Hbond substituents is 3. The molecule has 0 spiro atoms. The van der Waals surface area contributed by atoms with Crippen molar-refractivity contribution in [2.45, 2.75) is 90.5 Å². The summed E-state index contributed by atoms with van der Waals surface area (Å²) in [5, 5.41) is 71.7. The van der Waals surface area contributed by atoms with Crippen molar-refractivity contribution in [2.75, 3.05) is 51.4 Å². The number of allylic oxidation sites excluding steroid dienone is 2. The maximum absolute atomic E-state index is 14.4. The van der Waals surface area contributed by atoms with Crippen molar-refractivity contribution >= 4 is 56.0 Å². The second-order valence-electron chi connectivity index (χ2n) is 18.2. The van der Waals surface area contributed by atoms with E-state index in [4.69, 9.17) is 29.8 Å². The van der Waals surface area contributed by atoms with Crippen molar-refractivity contribution in [3.63, 3.8) is 0 Å². The number of carbonyl (C=O) groups excluding carboxylic acids is 3. The van der Waals surface area contributed by atoms with E-state index in [0.717, 1.165) is 13.1 Å². The van der Waals surface area contributed by atoms with Crippen LogP contribution >= 0.6 is 0 Å². The number of nitrogens with one attached hydrogen (secondary N) is 1. The molecule has 4 aliphatic rings. The molecule has 3 aromatic rings. The van der Waals surface area contributed by atoms with Gasteiger partial charge in [0.1, 0.15) is 23.4 Å². The summed E-state index contributed by atoms with van der Waals surface area (Å²) in [4.78, 5) is 42.7. The maximum atomic E-state index is 14.4. The molecule has 70 heavy (non-hydrogen) atoms. The first-order valence-corrected chi connectivity index (χ1v) is 24.2. The maximum Gasteiger partial charge on any atom is 0.312 e. The molecule has 382 valence electrons. The number of methoxy groups -OCH3 is 1. The number of ether oxygens (including phenoxy) is 4. The van der Waals surface area contributed by atoms with Gasteiger partial charge in [0.25, 0.3) is 11.7 Å². The number of piperazine rings is 1. The van der Waals surface area contributed by atoms with Crippen molar-refractivity contribution in [3.8, 4) is 23.0 Å². The number of esters is 1. The summed E-state index contributed by atoms with van der Waals surface area (Å²) >= 11 is 0. The Bertz CT molecular complexity index is 2680. The van der Waals surface area contributed by atoms with E-state index < -0.39 is 98.8 Å². The van der Waals surface area contributed by atoms with Gasteiger partial charge in [-0.05, 0) is 51.2 Å². The van der Waals surface area contributed by atoms with E-state index in [1.54, 1.807) is 44.9 Å².